The van der Waals surface area contributed by atoms with Crippen molar-refractivity contribution in [3.8, 4) is 0 Å². The Morgan fingerprint density at radius 3 is 2.89 bits per heavy atom. The van der Waals surface area contributed by atoms with Gasteiger partial charge in [0.2, 0.25) is 0 Å². The van der Waals surface area contributed by atoms with E-state index in [2.05, 4.69) is 0 Å². The highest BCUT2D eigenvalue weighted by molar-refractivity contribution is 5.05. The smallest absolute Gasteiger partial charge is 0.183 e. The Bertz CT molecular complexity index is 198. The lowest BCUT2D eigenvalue weighted by molar-refractivity contribution is -0.605. The van der Waals surface area contributed by atoms with E-state index in [1.54, 1.807) is 6.07 Å². The van der Waals surface area contributed by atoms with Crippen molar-refractivity contribution in [2.24, 2.45) is 0 Å². The summed E-state index contributed by atoms with van der Waals surface area (Å²) in [7, 11) is 0. The zero-order valence-electron chi connectivity index (χ0n) is 4.95. The average Bonchev–Trinajstić information content (AvgIpc) is 1.88. The molecule has 0 atom stereocenters. The van der Waals surface area contributed by atoms with Crippen molar-refractivity contribution in [3.05, 3.63) is 42.2 Å². The van der Waals surface area contributed by atoms with E-state index in [9.17, 15) is 5.21 Å². The Morgan fingerprint density at radius 2 is 2.44 bits per heavy atom. The second-order valence-electron chi connectivity index (χ2n) is 1.78. The summed E-state index contributed by atoms with van der Waals surface area (Å²) in [6.07, 6.45) is 3.31. The minimum absolute atomic E-state index is 0.420. The van der Waals surface area contributed by atoms with Crippen LogP contribution in [0.4, 0.5) is 0 Å². The minimum Gasteiger partial charge on any atom is -0.619 e. The zero-order chi connectivity index (χ0) is 6.69. The maximum atomic E-state index is 10.5. The van der Waals surface area contributed by atoms with Gasteiger partial charge in [0.25, 0.3) is 0 Å². The first-order valence-electron chi connectivity index (χ1n) is 2.70. The van der Waals surface area contributed by atoms with Gasteiger partial charge in [-0.05, 0) is 19.4 Å². The molecule has 2 radical (unpaired) electrons. The molecule has 0 aliphatic heterocycles. The van der Waals surface area contributed by atoms with E-state index in [4.69, 9.17) is 6.92 Å². The van der Waals surface area contributed by atoms with Crippen LogP contribution in [0.5, 0.6) is 0 Å². The number of pyridine rings is 1. The van der Waals surface area contributed by atoms with E-state index in [-0.39, 0.29) is 0 Å². The molecule has 0 aromatic carbocycles. The highest BCUT2D eigenvalue weighted by Crippen LogP contribution is 1.92. The summed E-state index contributed by atoms with van der Waals surface area (Å²) in [5.74, 6) is 0. The van der Waals surface area contributed by atoms with Gasteiger partial charge in [-0.3, -0.25) is 0 Å². The summed E-state index contributed by atoms with van der Waals surface area (Å²) in [6, 6.07) is 3.49. The van der Waals surface area contributed by atoms with E-state index in [1.807, 2.05) is 6.07 Å². The number of hydrogen-bond donors (Lipinski definition) is 0. The van der Waals surface area contributed by atoms with Crippen molar-refractivity contribution in [1.82, 2.24) is 0 Å². The molecule has 0 saturated carbocycles. The van der Waals surface area contributed by atoms with E-state index < -0.39 is 0 Å². The number of hydrogen-bond acceptors (Lipinski definition) is 1. The van der Waals surface area contributed by atoms with Crippen LogP contribution in [0.3, 0.4) is 0 Å². The number of nitrogens with zero attached hydrogens (tertiary/aromatic N) is 1. The quantitative estimate of drug-likeness (QED) is 0.394. The van der Waals surface area contributed by atoms with E-state index in [0.717, 1.165) is 10.3 Å². The Balaban J connectivity index is 2.94. The van der Waals surface area contributed by atoms with Gasteiger partial charge in [-0.1, -0.05) is 0 Å². The molecule has 1 heterocycles. The summed E-state index contributed by atoms with van der Waals surface area (Å²) < 4.78 is 0.738. The third-order valence-corrected chi connectivity index (χ3v) is 1.07. The molecule has 0 fully saturated rings. The fourth-order valence-electron chi connectivity index (χ4n) is 0.622. The molecule has 0 amide bonds. The van der Waals surface area contributed by atoms with Crippen molar-refractivity contribution >= 4 is 0 Å². The first-order chi connectivity index (χ1) is 4.33. The summed E-state index contributed by atoms with van der Waals surface area (Å²) in [5.41, 5.74) is 0.854. The summed E-state index contributed by atoms with van der Waals surface area (Å²) in [5, 5.41) is 10.5. The van der Waals surface area contributed by atoms with Gasteiger partial charge in [0.1, 0.15) is 0 Å². The molecular formula is C7H7NO. The Kier molecular flexibility index (Phi) is 1.68. The largest absolute Gasteiger partial charge is 0.619 e. The molecule has 0 spiro atoms. The van der Waals surface area contributed by atoms with E-state index >= 15 is 0 Å². The van der Waals surface area contributed by atoms with Crippen molar-refractivity contribution in [1.29, 1.82) is 0 Å². The minimum atomic E-state index is 0.420. The van der Waals surface area contributed by atoms with Gasteiger partial charge in [-0.25, -0.2) is 0 Å². The molecule has 9 heavy (non-hydrogen) atoms. The lowest BCUT2D eigenvalue weighted by Gasteiger charge is -1.95. The molecule has 0 aliphatic rings. The van der Waals surface area contributed by atoms with Gasteiger partial charge in [-0.2, -0.15) is 4.73 Å². The highest BCUT2D eigenvalue weighted by atomic mass is 16.5. The van der Waals surface area contributed by atoms with Crippen LogP contribution < -0.4 is 4.73 Å². The molecule has 1 aromatic heterocycles. The van der Waals surface area contributed by atoms with Crippen LogP contribution in [-0.2, 0) is 6.42 Å². The Morgan fingerprint density at radius 1 is 1.67 bits per heavy atom. The van der Waals surface area contributed by atoms with Crippen LogP contribution in [0.25, 0.3) is 0 Å². The molecule has 0 bridgehead atoms. The lowest BCUT2D eigenvalue weighted by atomic mass is 10.2. The van der Waals surface area contributed by atoms with Gasteiger partial charge in [0, 0.05) is 11.6 Å². The third-order valence-electron chi connectivity index (χ3n) is 1.07. The van der Waals surface area contributed by atoms with Gasteiger partial charge in [0.15, 0.2) is 12.4 Å². The molecule has 0 saturated heterocycles. The lowest BCUT2D eigenvalue weighted by Crippen LogP contribution is -2.24. The Hall–Kier alpha value is -1.05. The van der Waals surface area contributed by atoms with Crippen LogP contribution >= 0.6 is 0 Å². The predicted octanol–water partition coefficient (Wildman–Crippen LogP) is 0.574. The van der Waals surface area contributed by atoms with Crippen molar-refractivity contribution < 1.29 is 4.73 Å². The van der Waals surface area contributed by atoms with Crippen molar-refractivity contribution in [3.63, 3.8) is 0 Å². The fourth-order valence-corrected chi connectivity index (χ4v) is 0.622. The number of aromatic nitrogens is 1. The Labute approximate surface area is 54.3 Å². The summed E-state index contributed by atoms with van der Waals surface area (Å²) in [4.78, 5) is 0. The van der Waals surface area contributed by atoms with Crippen LogP contribution in [0.2, 0.25) is 0 Å². The van der Waals surface area contributed by atoms with Gasteiger partial charge >= 0.3 is 0 Å². The van der Waals surface area contributed by atoms with Crippen LogP contribution in [-0.4, -0.2) is 0 Å². The third kappa shape index (κ3) is 1.42. The van der Waals surface area contributed by atoms with Crippen LogP contribution in [0.15, 0.2) is 24.5 Å². The molecule has 46 valence electrons. The molecule has 1 rings (SSSR count). The molecule has 1 aromatic rings. The standard InChI is InChI=1S/C7H7NO/c1-2-7-4-3-5-8(9)6-7/h1,3-6H,2H2. The van der Waals surface area contributed by atoms with Gasteiger partial charge in [0.05, 0.1) is 0 Å². The van der Waals surface area contributed by atoms with Crippen LogP contribution in [0.1, 0.15) is 5.56 Å². The molecule has 2 heteroatoms. The molecule has 0 N–H and O–H groups in total. The normalized spacial score (nSPS) is 9.44. The fraction of sp³-hybridized carbons (Fsp3) is 0.143. The van der Waals surface area contributed by atoms with Crippen molar-refractivity contribution in [2.45, 2.75) is 6.42 Å². The molecule has 0 unspecified atom stereocenters. The SMILES string of the molecule is [CH]Cc1ccc[n+]([O-])c1. The van der Waals surface area contributed by atoms with Crippen LogP contribution in [0, 0.1) is 12.1 Å². The second-order valence-corrected chi connectivity index (χ2v) is 1.78. The average molecular weight is 121 g/mol. The topological polar surface area (TPSA) is 26.9 Å². The first-order valence-corrected chi connectivity index (χ1v) is 2.70. The summed E-state index contributed by atoms with van der Waals surface area (Å²) in [6.45, 7) is 5.27. The monoisotopic (exact) mass is 121 g/mol. The highest BCUT2D eigenvalue weighted by Gasteiger charge is 1.90. The zero-order valence-corrected chi connectivity index (χ0v) is 4.95. The van der Waals surface area contributed by atoms with Gasteiger partial charge < -0.3 is 5.21 Å². The van der Waals surface area contributed by atoms with Crippen molar-refractivity contribution in [2.75, 3.05) is 0 Å². The number of rotatable bonds is 1. The second kappa shape index (κ2) is 2.49. The maximum Gasteiger partial charge on any atom is 0.183 e. The maximum absolute atomic E-state index is 10.5. The van der Waals surface area contributed by atoms with Gasteiger partial charge in [-0.15, -0.1) is 0 Å². The predicted molar refractivity (Wildman–Crippen MR) is 33.4 cm³/mol. The first kappa shape index (κ1) is 6.08. The molecule has 0 aliphatic carbocycles. The summed E-state index contributed by atoms with van der Waals surface area (Å²) >= 11 is 0. The molecule has 2 nitrogen and oxygen atoms in total. The molecular weight excluding hydrogens is 114 g/mol. The van der Waals surface area contributed by atoms with E-state index in [1.165, 1.54) is 12.4 Å². The van der Waals surface area contributed by atoms with E-state index in [0.29, 0.717) is 6.42 Å².